The Hall–Kier alpha value is -7.22. The number of para-hydroxylation sites is 1. The van der Waals surface area contributed by atoms with Crippen LogP contribution in [0.2, 0.25) is 0 Å². The first-order valence-corrected chi connectivity index (χ1v) is 18.8. The molecule has 0 unspecified atom stereocenters. The number of fused-ring (bicyclic) bond motifs is 7. The predicted molar refractivity (Wildman–Crippen MR) is 226 cm³/mol. The lowest BCUT2D eigenvalue weighted by Gasteiger charge is -2.12. The Morgan fingerprint density at radius 2 is 0.836 bits per heavy atom. The van der Waals surface area contributed by atoms with E-state index in [1.54, 1.807) is 0 Å². The Bertz CT molecular complexity index is 3170. The van der Waals surface area contributed by atoms with Crippen molar-refractivity contribution < 1.29 is 0 Å². The molecule has 55 heavy (non-hydrogen) atoms. The van der Waals surface area contributed by atoms with Crippen LogP contribution in [0.25, 0.3) is 111 Å². The highest BCUT2D eigenvalue weighted by atomic mass is 32.1. The molecule has 8 aromatic carbocycles. The summed E-state index contributed by atoms with van der Waals surface area (Å²) >= 11 is 1.25. The summed E-state index contributed by atoms with van der Waals surface area (Å²) in [6.45, 7) is 0. The molecule has 0 aliphatic heterocycles. The van der Waals surface area contributed by atoms with Crippen molar-refractivity contribution >= 4 is 66.0 Å². The third-order valence-electron chi connectivity index (χ3n) is 10.4. The highest BCUT2D eigenvalue weighted by Crippen LogP contribution is 2.37. The van der Waals surface area contributed by atoms with E-state index in [2.05, 4.69) is 166 Å². The first kappa shape index (κ1) is 31.3. The summed E-state index contributed by atoms with van der Waals surface area (Å²) in [5.74, 6) is 1.90. The molecule has 0 atom stereocenters. The number of aromatic nitrogens is 6. The summed E-state index contributed by atoms with van der Waals surface area (Å²) in [6, 6.07) is 58.9. The van der Waals surface area contributed by atoms with Crippen molar-refractivity contribution in [3.63, 3.8) is 0 Å². The number of benzene rings is 8. The fourth-order valence-electron chi connectivity index (χ4n) is 7.56. The summed E-state index contributed by atoms with van der Waals surface area (Å²) in [7, 11) is 0. The van der Waals surface area contributed by atoms with Crippen LogP contribution in [0.1, 0.15) is 0 Å². The fourth-order valence-corrected chi connectivity index (χ4v) is 8.10. The molecular formula is C48H28N6S. The molecule has 256 valence electrons. The van der Waals surface area contributed by atoms with Gasteiger partial charge in [-0.05, 0) is 63.0 Å². The van der Waals surface area contributed by atoms with Gasteiger partial charge in [-0.2, -0.15) is 8.75 Å². The van der Waals surface area contributed by atoms with Crippen LogP contribution in [0.5, 0.6) is 0 Å². The van der Waals surface area contributed by atoms with Gasteiger partial charge in [-0.1, -0.05) is 140 Å². The molecule has 0 saturated carbocycles. The molecule has 3 heterocycles. The molecule has 0 fully saturated rings. The van der Waals surface area contributed by atoms with Gasteiger partial charge in [-0.15, -0.1) is 0 Å². The van der Waals surface area contributed by atoms with Crippen LogP contribution >= 0.6 is 11.7 Å². The number of rotatable bonds is 5. The Labute approximate surface area is 319 Å². The maximum absolute atomic E-state index is 5.14. The topological polar surface area (TPSA) is 77.3 Å². The average molecular weight is 721 g/mol. The molecule has 11 rings (SSSR count). The maximum atomic E-state index is 5.14. The molecule has 7 heteroatoms. The number of nitrogens with zero attached hydrogens (tertiary/aromatic N) is 6. The van der Waals surface area contributed by atoms with Gasteiger partial charge in [0.1, 0.15) is 11.0 Å². The Morgan fingerprint density at radius 1 is 0.327 bits per heavy atom. The molecule has 0 radical (unpaired) electrons. The van der Waals surface area contributed by atoms with Gasteiger partial charge in [-0.3, -0.25) is 0 Å². The van der Waals surface area contributed by atoms with Gasteiger partial charge in [0.15, 0.2) is 17.5 Å². The van der Waals surface area contributed by atoms with Crippen LogP contribution < -0.4 is 0 Å². The van der Waals surface area contributed by atoms with Gasteiger partial charge in [0, 0.05) is 38.4 Å². The van der Waals surface area contributed by atoms with Gasteiger partial charge in [0.05, 0.1) is 22.9 Å². The van der Waals surface area contributed by atoms with Crippen molar-refractivity contribution in [2.75, 3.05) is 0 Å². The molecular weight excluding hydrogens is 693 g/mol. The molecule has 6 nitrogen and oxygen atoms in total. The lowest BCUT2D eigenvalue weighted by Crippen LogP contribution is -2.00. The number of pyridine rings is 1. The van der Waals surface area contributed by atoms with Crippen molar-refractivity contribution in [1.29, 1.82) is 0 Å². The standard InChI is InChI=1S/C48H28N6S/c1-3-9-35-27-37(23-17-29(35)7-1)47-50-46(51-48(52-47)38-24-18-30-8-2-4-10-36(30)28-38)34-21-15-32(16-22-34)31-13-19-33(20-14-31)44-40-25-26-42-45(54-55-53-42)43(40)39-11-5-6-12-41(39)49-44/h1-28H. The zero-order valence-electron chi connectivity index (χ0n) is 29.3. The van der Waals surface area contributed by atoms with E-state index in [1.807, 2.05) is 12.1 Å². The van der Waals surface area contributed by atoms with Gasteiger partial charge in [0.25, 0.3) is 0 Å². The predicted octanol–water partition coefficient (Wildman–Crippen LogP) is 12.2. The minimum atomic E-state index is 0.627. The molecule has 0 aliphatic rings. The summed E-state index contributed by atoms with van der Waals surface area (Å²) in [5.41, 5.74) is 9.77. The Morgan fingerprint density at radius 3 is 1.47 bits per heavy atom. The van der Waals surface area contributed by atoms with Gasteiger partial charge < -0.3 is 0 Å². The van der Waals surface area contributed by atoms with Gasteiger partial charge >= 0.3 is 0 Å². The lowest BCUT2D eigenvalue weighted by atomic mass is 9.97. The molecule has 0 bridgehead atoms. The highest BCUT2D eigenvalue weighted by molar-refractivity contribution is 7.00. The van der Waals surface area contributed by atoms with Gasteiger partial charge in [0.2, 0.25) is 0 Å². The van der Waals surface area contributed by atoms with Crippen LogP contribution in [0.3, 0.4) is 0 Å². The second kappa shape index (κ2) is 12.7. The zero-order chi connectivity index (χ0) is 36.3. The summed E-state index contributed by atoms with van der Waals surface area (Å²) in [6.07, 6.45) is 0. The average Bonchev–Trinajstić information content (AvgIpc) is 3.75. The Balaban J connectivity index is 0.969. The van der Waals surface area contributed by atoms with Crippen LogP contribution in [-0.4, -0.2) is 28.7 Å². The molecule has 0 N–H and O–H groups in total. The van der Waals surface area contributed by atoms with E-state index in [-0.39, 0.29) is 0 Å². The van der Waals surface area contributed by atoms with Crippen molar-refractivity contribution in [3.05, 3.63) is 170 Å². The van der Waals surface area contributed by atoms with E-state index < -0.39 is 0 Å². The molecule has 11 aromatic rings. The lowest BCUT2D eigenvalue weighted by molar-refractivity contribution is 1.08. The fraction of sp³-hybridized carbons (Fsp3) is 0. The first-order valence-electron chi connectivity index (χ1n) is 18.1. The summed E-state index contributed by atoms with van der Waals surface area (Å²) in [5, 5.41) is 7.89. The molecule has 0 amide bonds. The summed E-state index contributed by atoms with van der Waals surface area (Å²) < 4.78 is 9.17. The third-order valence-corrected chi connectivity index (χ3v) is 10.9. The second-order valence-corrected chi connectivity index (χ2v) is 14.2. The number of hydrogen-bond acceptors (Lipinski definition) is 7. The maximum Gasteiger partial charge on any atom is 0.164 e. The number of hydrogen-bond donors (Lipinski definition) is 0. The monoisotopic (exact) mass is 720 g/mol. The van der Waals surface area contributed by atoms with E-state index in [4.69, 9.17) is 19.9 Å². The van der Waals surface area contributed by atoms with Crippen molar-refractivity contribution in [2.45, 2.75) is 0 Å². The normalized spacial score (nSPS) is 11.6. The molecule has 0 spiro atoms. The minimum Gasteiger partial charge on any atom is -0.247 e. The van der Waals surface area contributed by atoms with E-state index in [0.29, 0.717) is 17.5 Å². The smallest absolute Gasteiger partial charge is 0.164 e. The van der Waals surface area contributed by atoms with Crippen LogP contribution in [-0.2, 0) is 0 Å². The molecule has 3 aromatic heterocycles. The van der Waals surface area contributed by atoms with E-state index in [1.165, 1.54) is 22.5 Å². The molecule has 0 aliphatic carbocycles. The molecule has 0 saturated heterocycles. The quantitative estimate of drug-likeness (QED) is 0.165. The van der Waals surface area contributed by atoms with E-state index in [9.17, 15) is 0 Å². The largest absolute Gasteiger partial charge is 0.247 e. The first-order chi connectivity index (χ1) is 27.2. The van der Waals surface area contributed by atoms with E-state index >= 15 is 0 Å². The van der Waals surface area contributed by atoms with E-state index in [0.717, 1.165) is 82.6 Å². The highest BCUT2D eigenvalue weighted by Gasteiger charge is 2.16. The summed E-state index contributed by atoms with van der Waals surface area (Å²) in [4.78, 5) is 20.2. The van der Waals surface area contributed by atoms with Gasteiger partial charge in [-0.25, -0.2) is 19.9 Å². The van der Waals surface area contributed by atoms with Crippen LogP contribution in [0, 0.1) is 0 Å². The Kier molecular flexibility index (Phi) is 7.25. The minimum absolute atomic E-state index is 0.627. The second-order valence-electron chi connectivity index (χ2n) is 13.7. The van der Waals surface area contributed by atoms with Crippen molar-refractivity contribution in [2.24, 2.45) is 0 Å². The SMILES string of the molecule is c1ccc2cc(-c3nc(-c4ccc(-c5ccc(-c6nc7ccccc7c7c6ccc6nsnc67)cc5)cc4)nc(-c4ccc5ccccc5c4)n3)ccc2c1. The van der Waals surface area contributed by atoms with Crippen molar-refractivity contribution in [3.8, 4) is 56.5 Å². The van der Waals surface area contributed by atoms with Crippen molar-refractivity contribution in [1.82, 2.24) is 28.7 Å². The zero-order valence-corrected chi connectivity index (χ0v) is 30.1. The van der Waals surface area contributed by atoms with Crippen LogP contribution in [0.15, 0.2) is 170 Å². The third kappa shape index (κ3) is 5.48. The van der Waals surface area contributed by atoms with Crippen LogP contribution in [0.4, 0.5) is 0 Å².